The van der Waals surface area contributed by atoms with Crippen LogP contribution in [-0.2, 0) is 6.42 Å². The molecule has 0 saturated carbocycles. The van der Waals surface area contributed by atoms with Crippen LogP contribution in [0.5, 0.6) is 17.2 Å². The summed E-state index contributed by atoms with van der Waals surface area (Å²) in [5.41, 5.74) is 4.58. The normalized spacial score (nSPS) is 15.1. The highest BCUT2D eigenvalue weighted by Gasteiger charge is 2.28. The van der Waals surface area contributed by atoms with Gasteiger partial charge < -0.3 is 24.8 Å². The van der Waals surface area contributed by atoms with Crippen LogP contribution in [0.2, 0.25) is 0 Å². The third kappa shape index (κ3) is 4.10. The highest BCUT2D eigenvalue weighted by atomic mass is 16.5. The predicted octanol–water partition coefficient (Wildman–Crippen LogP) is 4.01. The Bertz CT molecular complexity index is 972. The first-order valence-corrected chi connectivity index (χ1v) is 10.4. The number of ether oxygens (including phenoxy) is 3. The van der Waals surface area contributed by atoms with Crippen LogP contribution < -0.4 is 30.3 Å². The standard InChI is InChI=1S/C24H32N2O4/c1-14(2)13-26-19-10-8-16-17(12-20(19)27)18(25-3)9-7-15-11-21(28-4)23(29-5)24(30-6)22(15)16/h8,10-12,14,18,25H,7,9,13H2,1-6H3,(H,26,27)/t18-/m0/s1. The van der Waals surface area contributed by atoms with Crippen LogP contribution in [0.3, 0.4) is 0 Å². The third-order valence-electron chi connectivity index (χ3n) is 5.59. The summed E-state index contributed by atoms with van der Waals surface area (Å²) < 4.78 is 17.0. The number of benzene rings is 1. The van der Waals surface area contributed by atoms with E-state index in [-0.39, 0.29) is 11.5 Å². The number of anilines is 1. The van der Waals surface area contributed by atoms with Gasteiger partial charge in [0, 0.05) is 18.2 Å². The Morgan fingerprint density at radius 1 is 1.07 bits per heavy atom. The lowest BCUT2D eigenvalue weighted by molar-refractivity contribution is 0.324. The first kappa shape index (κ1) is 22.0. The summed E-state index contributed by atoms with van der Waals surface area (Å²) in [6.07, 6.45) is 1.68. The molecule has 1 atom stereocenters. The molecule has 2 N–H and O–H groups in total. The zero-order valence-electron chi connectivity index (χ0n) is 18.7. The fraction of sp³-hybridized carbons (Fsp3) is 0.458. The zero-order chi connectivity index (χ0) is 21.8. The quantitative estimate of drug-likeness (QED) is 0.716. The van der Waals surface area contributed by atoms with Crippen LogP contribution >= 0.6 is 0 Å². The molecule has 6 heteroatoms. The SMILES string of the molecule is CN[C@H]1CCc2cc(OC)c(OC)c(OC)c2-c2ccc(NCC(C)C)c(=O)cc21. The molecule has 3 rings (SSSR count). The van der Waals surface area contributed by atoms with Gasteiger partial charge in [-0.15, -0.1) is 0 Å². The molecule has 2 aromatic carbocycles. The molecule has 1 aliphatic rings. The molecule has 30 heavy (non-hydrogen) atoms. The summed E-state index contributed by atoms with van der Waals surface area (Å²) in [6.45, 7) is 4.98. The van der Waals surface area contributed by atoms with E-state index in [0.29, 0.717) is 28.9 Å². The molecule has 2 aromatic rings. The van der Waals surface area contributed by atoms with E-state index >= 15 is 0 Å². The van der Waals surface area contributed by atoms with E-state index in [9.17, 15) is 4.79 Å². The fourth-order valence-corrected chi connectivity index (χ4v) is 4.07. The van der Waals surface area contributed by atoms with Crippen LogP contribution in [0, 0.1) is 5.92 Å². The van der Waals surface area contributed by atoms with Gasteiger partial charge in [-0.2, -0.15) is 0 Å². The van der Waals surface area contributed by atoms with Crippen molar-refractivity contribution in [3.8, 4) is 28.4 Å². The number of methoxy groups -OCH3 is 3. The molecule has 0 heterocycles. The largest absolute Gasteiger partial charge is 0.493 e. The lowest BCUT2D eigenvalue weighted by Crippen LogP contribution is -2.18. The van der Waals surface area contributed by atoms with Crippen LogP contribution in [0.1, 0.15) is 37.4 Å². The van der Waals surface area contributed by atoms with E-state index in [4.69, 9.17) is 14.2 Å². The molecular formula is C24H32N2O4. The predicted molar refractivity (Wildman–Crippen MR) is 121 cm³/mol. The molecule has 162 valence electrons. The average molecular weight is 413 g/mol. The van der Waals surface area contributed by atoms with Crippen molar-refractivity contribution in [1.29, 1.82) is 0 Å². The van der Waals surface area contributed by atoms with Crippen molar-refractivity contribution in [3.05, 3.63) is 45.6 Å². The van der Waals surface area contributed by atoms with Gasteiger partial charge in [-0.3, -0.25) is 4.79 Å². The Labute approximate surface area is 178 Å². The first-order valence-electron chi connectivity index (χ1n) is 10.4. The molecular weight excluding hydrogens is 380 g/mol. The van der Waals surface area contributed by atoms with Gasteiger partial charge in [-0.25, -0.2) is 0 Å². The van der Waals surface area contributed by atoms with Crippen LogP contribution in [0.4, 0.5) is 5.69 Å². The summed E-state index contributed by atoms with van der Waals surface area (Å²) in [5.74, 6) is 2.26. The number of hydrogen-bond acceptors (Lipinski definition) is 6. The fourth-order valence-electron chi connectivity index (χ4n) is 4.07. The van der Waals surface area contributed by atoms with Crippen molar-refractivity contribution in [3.63, 3.8) is 0 Å². The maximum Gasteiger partial charge on any atom is 0.203 e. The van der Waals surface area contributed by atoms with Gasteiger partial charge >= 0.3 is 0 Å². The summed E-state index contributed by atoms with van der Waals surface area (Å²) >= 11 is 0. The molecule has 1 aliphatic carbocycles. The Hall–Kier alpha value is -2.73. The number of nitrogens with one attached hydrogen (secondary N) is 2. The summed E-state index contributed by atoms with van der Waals surface area (Å²) in [4.78, 5) is 13.0. The Balaban J connectivity index is 2.32. The highest BCUT2D eigenvalue weighted by molar-refractivity contribution is 5.83. The Morgan fingerprint density at radius 2 is 1.80 bits per heavy atom. The van der Waals surface area contributed by atoms with E-state index in [1.54, 1.807) is 27.4 Å². The molecule has 0 amide bonds. The summed E-state index contributed by atoms with van der Waals surface area (Å²) in [7, 11) is 6.80. The molecule has 0 saturated heterocycles. The van der Waals surface area contributed by atoms with E-state index in [1.807, 2.05) is 25.2 Å². The van der Waals surface area contributed by atoms with E-state index in [2.05, 4.69) is 24.5 Å². The van der Waals surface area contributed by atoms with Gasteiger partial charge in [0.2, 0.25) is 11.2 Å². The topological polar surface area (TPSA) is 68.8 Å². The highest BCUT2D eigenvalue weighted by Crippen LogP contribution is 2.50. The second-order valence-electron chi connectivity index (χ2n) is 7.96. The lowest BCUT2D eigenvalue weighted by Gasteiger charge is -2.19. The molecule has 0 radical (unpaired) electrons. The second-order valence-corrected chi connectivity index (χ2v) is 7.96. The van der Waals surface area contributed by atoms with Crippen molar-refractivity contribution in [2.75, 3.05) is 40.2 Å². The van der Waals surface area contributed by atoms with Gasteiger partial charge in [0.1, 0.15) is 0 Å². The summed E-state index contributed by atoms with van der Waals surface area (Å²) in [6, 6.07) is 7.71. The maximum absolute atomic E-state index is 13.0. The minimum Gasteiger partial charge on any atom is -0.493 e. The first-order chi connectivity index (χ1) is 14.4. The molecule has 0 unspecified atom stereocenters. The van der Waals surface area contributed by atoms with E-state index in [1.165, 1.54) is 0 Å². The summed E-state index contributed by atoms with van der Waals surface area (Å²) in [5, 5.41) is 6.67. The number of hydrogen-bond donors (Lipinski definition) is 2. The van der Waals surface area contributed by atoms with Gasteiger partial charge in [-0.05, 0) is 60.7 Å². The molecule has 0 bridgehead atoms. The van der Waals surface area contributed by atoms with Crippen LogP contribution in [-0.4, -0.2) is 34.9 Å². The zero-order valence-corrected chi connectivity index (χ0v) is 18.7. The van der Waals surface area contributed by atoms with Crippen molar-refractivity contribution in [1.82, 2.24) is 5.32 Å². The van der Waals surface area contributed by atoms with Crippen molar-refractivity contribution < 1.29 is 14.2 Å². The van der Waals surface area contributed by atoms with Gasteiger partial charge in [-0.1, -0.05) is 19.9 Å². The molecule has 0 aliphatic heterocycles. The van der Waals surface area contributed by atoms with Crippen molar-refractivity contribution in [2.45, 2.75) is 32.7 Å². The smallest absolute Gasteiger partial charge is 0.203 e. The second kappa shape index (κ2) is 9.39. The molecule has 0 fully saturated rings. The van der Waals surface area contributed by atoms with Crippen LogP contribution in [0.25, 0.3) is 11.1 Å². The van der Waals surface area contributed by atoms with E-state index in [0.717, 1.165) is 41.6 Å². The number of fused-ring (bicyclic) bond motifs is 3. The Morgan fingerprint density at radius 3 is 2.40 bits per heavy atom. The van der Waals surface area contributed by atoms with Crippen molar-refractivity contribution >= 4 is 5.69 Å². The minimum atomic E-state index is -0.0138. The maximum atomic E-state index is 13.0. The number of rotatable bonds is 7. The van der Waals surface area contributed by atoms with Gasteiger partial charge in [0.25, 0.3) is 0 Å². The monoisotopic (exact) mass is 412 g/mol. The van der Waals surface area contributed by atoms with Crippen molar-refractivity contribution in [2.24, 2.45) is 5.92 Å². The number of aryl methyl sites for hydroxylation is 1. The molecule has 0 spiro atoms. The Kier molecular flexibility index (Phi) is 6.87. The van der Waals surface area contributed by atoms with Crippen LogP contribution in [0.15, 0.2) is 29.1 Å². The average Bonchev–Trinajstić information content (AvgIpc) is 2.98. The molecule has 6 nitrogen and oxygen atoms in total. The van der Waals surface area contributed by atoms with E-state index < -0.39 is 0 Å². The lowest BCUT2D eigenvalue weighted by atomic mass is 9.95. The minimum absolute atomic E-state index is 0.0138. The third-order valence-corrected chi connectivity index (χ3v) is 5.59. The van der Waals surface area contributed by atoms with Gasteiger partial charge in [0.05, 0.1) is 27.0 Å². The van der Waals surface area contributed by atoms with Gasteiger partial charge in [0.15, 0.2) is 11.5 Å². The molecule has 0 aromatic heterocycles.